The predicted octanol–water partition coefficient (Wildman–Crippen LogP) is 5.23. The van der Waals surface area contributed by atoms with Crippen molar-refractivity contribution in [2.45, 2.75) is 13.3 Å². The molecule has 1 aromatic carbocycles. The molecule has 0 bridgehead atoms. The Labute approximate surface area is 138 Å². The summed E-state index contributed by atoms with van der Waals surface area (Å²) in [6, 6.07) is 16.0. The smallest absolute Gasteiger partial charge is 0.140 e. The van der Waals surface area contributed by atoms with Crippen LogP contribution in [0.5, 0.6) is 0 Å². The van der Waals surface area contributed by atoms with E-state index in [-0.39, 0.29) is 0 Å². The summed E-state index contributed by atoms with van der Waals surface area (Å²) in [5, 5.41) is 9.60. The summed E-state index contributed by atoms with van der Waals surface area (Å²) >= 11 is 7.99. The number of benzene rings is 1. The van der Waals surface area contributed by atoms with E-state index < -0.39 is 0 Å². The lowest BCUT2D eigenvalue weighted by Gasteiger charge is -2.04. The molecule has 0 amide bonds. The fourth-order valence-electron chi connectivity index (χ4n) is 2.26. The third kappa shape index (κ3) is 3.19. The van der Waals surface area contributed by atoms with Gasteiger partial charge in [-0.05, 0) is 42.8 Å². The summed E-state index contributed by atoms with van der Waals surface area (Å²) in [7, 11) is 0. The van der Waals surface area contributed by atoms with Crippen LogP contribution in [0.25, 0.3) is 10.4 Å². The highest BCUT2D eigenvalue weighted by atomic mass is 35.5. The van der Waals surface area contributed by atoms with Gasteiger partial charge in [0.25, 0.3) is 0 Å². The number of thiophene rings is 1. The molecule has 2 heterocycles. The van der Waals surface area contributed by atoms with Gasteiger partial charge < -0.3 is 0 Å². The number of aromatic nitrogens is 1. The van der Waals surface area contributed by atoms with E-state index in [4.69, 9.17) is 16.9 Å². The third-order valence-corrected chi connectivity index (χ3v) is 4.89. The summed E-state index contributed by atoms with van der Waals surface area (Å²) in [5.41, 5.74) is 3.83. The van der Waals surface area contributed by atoms with Crippen LogP contribution in [-0.4, -0.2) is 4.98 Å². The van der Waals surface area contributed by atoms with E-state index in [1.165, 1.54) is 10.4 Å². The molecule has 0 radical (unpaired) electrons. The Balaban J connectivity index is 1.84. The van der Waals surface area contributed by atoms with Crippen molar-refractivity contribution in [3.8, 4) is 16.5 Å². The maximum atomic E-state index is 8.79. The molecule has 0 saturated carbocycles. The largest absolute Gasteiger partial charge is 0.245 e. The third-order valence-electron chi connectivity index (χ3n) is 3.39. The SMILES string of the molecule is Cc1ccc(Cl)c(Cc2ccc(-c3ccc(C#N)nc3)s2)c1. The number of hydrogen-bond donors (Lipinski definition) is 0. The Morgan fingerprint density at radius 3 is 2.77 bits per heavy atom. The van der Waals surface area contributed by atoms with E-state index in [1.807, 2.05) is 24.3 Å². The fourth-order valence-corrected chi connectivity index (χ4v) is 3.47. The molecular weight excluding hydrogens is 312 g/mol. The summed E-state index contributed by atoms with van der Waals surface area (Å²) in [4.78, 5) is 6.52. The van der Waals surface area contributed by atoms with Crippen LogP contribution in [0, 0.1) is 18.3 Å². The van der Waals surface area contributed by atoms with Crippen LogP contribution in [-0.2, 0) is 6.42 Å². The highest BCUT2D eigenvalue weighted by Crippen LogP contribution is 2.30. The maximum Gasteiger partial charge on any atom is 0.140 e. The number of pyridine rings is 1. The quantitative estimate of drug-likeness (QED) is 0.661. The van der Waals surface area contributed by atoms with Crippen LogP contribution < -0.4 is 0 Å². The van der Waals surface area contributed by atoms with Crippen LogP contribution in [0.3, 0.4) is 0 Å². The molecule has 3 aromatic rings. The second kappa shape index (κ2) is 6.31. The van der Waals surface area contributed by atoms with Crippen LogP contribution in [0.1, 0.15) is 21.7 Å². The molecule has 22 heavy (non-hydrogen) atoms. The molecule has 0 fully saturated rings. The van der Waals surface area contributed by atoms with Crippen molar-refractivity contribution in [2.75, 3.05) is 0 Å². The summed E-state index contributed by atoms with van der Waals surface area (Å²) < 4.78 is 0. The maximum absolute atomic E-state index is 8.79. The van der Waals surface area contributed by atoms with Crippen LogP contribution in [0.15, 0.2) is 48.7 Å². The zero-order chi connectivity index (χ0) is 15.5. The second-order valence-corrected chi connectivity index (χ2v) is 6.66. The molecule has 0 spiro atoms. The Morgan fingerprint density at radius 2 is 2.05 bits per heavy atom. The first-order valence-corrected chi connectivity index (χ1v) is 8.05. The Morgan fingerprint density at radius 1 is 1.18 bits per heavy atom. The fraction of sp³-hybridized carbons (Fsp3) is 0.111. The van der Waals surface area contributed by atoms with E-state index in [0.717, 1.165) is 27.4 Å². The van der Waals surface area contributed by atoms with Crippen molar-refractivity contribution in [2.24, 2.45) is 0 Å². The minimum atomic E-state index is 0.437. The standard InChI is InChI=1S/C18H13ClN2S/c1-12-2-6-17(19)14(8-12)9-16-5-7-18(22-16)13-3-4-15(10-20)21-11-13/h2-8,11H,9H2,1H3. The minimum Gasteiger partial charge on any atom is -0.245 e. The van der Waals surface area contributed by atoms with Gasteiger partial charge in [0.2, 0.25) is 0 Å². The molecule has 108 valence electrons. The molecule has 0 N–H and O–H groups in total. The lowest BCUT2D eigenvalue weighted by Crippen LogP contribution is -1.87. The number of aryl methyl sites for hydroxylation is 1. The van der Waals surface area contributed by atoms with Gasteiger partial charge in [0.1, 0.15) is 11.8 Å². The summed E-state index contributed by atoms with van der Waals surface area (Å²) in [6.07, 6.45) is 2.57. The molecule has 2 aromatic heterocycles. The molecular formula is C18H13ClN2S. The zero-order valence-electron chi connectivity index (χ0n) is 12.0. The monoisotopic (exact) mass is 324 g/mol. The van der Waals surface area contributed by atoms with Crippen molar-refractivity contribution in [3.05, 3.63) is 75.4 Å². The normalized spacial score (nSPS) is 10.4. The molecule has 0 aliphatic rings. The molecule has 4 heteroatoms. The first-order valence-electron chi connectivity index (χ1n) is 6.86. The van der Waals surface area contributed by atoms with Gasteiger partial charge in [-0.2, -0.15) is 5.26 Å². The Kier molecular flexibility index (Phi) is 4.24. The predicted molar refractivity (Wildman–Crippen MR) is 91.3 cm³/mol. The minimum absolute atomic E-state index is 0.437. The lowest BCUT2D eigenvalue weighted by molar-refractivity contribution is 1.22. The molecule has 3 rings (SSSR count). The van der Waals surface area contributed by atoms with Gasteiger partial charge in [-0.25, -0.2) is 4.98 Å². The molecule has 0 aliphatic carbocycles. The number of rotatable bonds is 3. The van der Waals surface area contributed by atoms with Gasteiger partial charge in [-0.15, -0.1) is 11.3 Å². The van der Waals surface area contributed by atoms with E-state index in [2.05, 4.69) is 30.1 Å². The highest BCUT2D eigenvalue weighted by molar-refractivity contribution is 7.15. The van der Waals surface area contributed by atoms with Crippen LogP contribution in [0.4, 0.5) is 0 Å². The van der Waals surface area contributed by atoms with Crippen molar-refractivity contribution >= 4 is 22.9 Å². The lowest BCUT2D eigenvalue weighted by atomic mass is 10.1. The van der Waals surface area contributed by atoms with Crippen molar-refractivity contribution in [1.29, 1.82) is 5.26 Å². The Hall–Kier alpha value is -2.15. The van der Waals surface area contributed by atoms with Gasteiger partial charge in [0.15, 0.2) is 0 Å². The Bertz CT molecular complexity index is 844. The number of nitrogens with zero attached hydrogens (tertiary/aromatic N) is 2. The van der Waals surface area contributed by atoms with Gasteiger partial charge in [-0.3, -0.25) is 0 Å². The molecule has 0 aliphatic heterocycles. The number of halogens is 1. The van der Waals surface area contributed by atoms with E-state index in [9.17, 15) is 0 Å². The van der Waals surface area contributed by atoms with Gasteiger partial charge in [0.05, 0.1) is 0 Å². The molecule has 0 atom stereocenters. The second-order valence-electron chi connectivity index (χ2n) is 5.08. The molecule has 0 unspecified atom stereocenters. The summed E-state index contributed by atoms with van der Waals surface area (Å²) in [5.74, 6) is 0. The van der Waals surface area contributed by atoms with E-state index in [0.29, 0.717) is 5.69 Å². The van der Waals surface area contributed by atoms with Gasteiger partial charge in [0, 0.05) is 33.0 Å². The molecule has 0 saturated heterocycles. The highest BCUT2D eigenvalue weighted by Gasteiger charge is 2.07. The summed E-state index contributed by atoms with van der Waals surface area (Å²) in [6.45, 7) is 2.07. The van der Waals surface area contributed by atoms with Crippen LogP contribution >= 0.6 is 22.9 Å². The average Bonchev–Trinajstić information content (AvgIpc) is 2.99. The number of nitriles is 1. The van der Waals surface area contributed by atoms with Crippen molar-refractivity contribution in [1.82, 2.24) is 4.98 Å². The first kappa shape index (κ1) is 14.8. The van der Waals surface area contributed by atoms with Crippen molar-refractivity contribution in [3.63, 3.8) is 0 Å². The van der Waals surface area contributed by atoms with E-state index in [1.54, 1.807) is 23.6 Å². The zero-order valence-corrected chi connectivity index (χ0v) is 13.6. The average molecular weight is 325 g/mol. The number of hydrogen-bond acceptors (Lipinski definition) is 3. The van der Waals surface area contributed by atoms with Gasteiger partial charge in [-0.1, -0.05) is 29.3 Å². The topological polar surface area (TPSA) is 36.7 Å². The van der Waals surface area contributed by atoms with E-state index >= 15 is 0 Å². The van der Waals surface area contributed by atoms with Crippen LogP contribution in [0.2, 0.25) is 5.02 Å². The first-order chi connectivity index (χ1) is 10.7. The van der Waals surface area contributed by atoms with Gasteiger partial charge >= 0.3 is 0 Å². The van der Waals surface area contributed by atoms with Crippen molar-refractivity contribution < 1.29 is 0 Å². The molecule has 2 nitrogen and oxygen atoms in total.